The van der Waals surface area contributed by atoms with Crippen LogP contribution in [0.25, 0.3) is 5.69 Å². The summed E-state index contributed by atoms with van der Waals surface area (Å²) < 4.78 is 1.74. The summed E-state index contributed by atoms with van der Waals surface area (Å²) in [6, 6.07) is 9.68. The van der Waals surface area contributed by atoms with Crippen LogP contribution < -0.4 is 0 Å². The number of rotatable bonds is 5. The Balaban J connectivity index is 1.27. The molecule has 1 aromatic carbocycles. The number of hydrogen-bond donors (Lipinski definition) is 0. The van der Waals surface area contributed by atoms with E-state index in [0.29, 0.717) is 26.2 Å². The molecule has 2 fully saturated rings. The highest BCUT2D eigenvalue weighted by Crippen LogP contribution is 2.13. The van der Waals surface area contributed by atoms with Crippen LogP contribution in [0.2, 0.25) is 0 Å². The SMILES string of the molecule is O=C(Cc1cnn(-c2ccccc2)c1)N1CCN(C(=O)CN2C(=O)CCC2=O)CC1. The van der Waals surface area contributed by atoms with Gasteiger partial charge in [0.1, 0.15) is 6.54 Å². The first kappa shape index (κ1) is 19.8. The fourth-order valence-electron chi connectivity index (χ4n) is 3.70. The number of para-hydroxylation sites is 1. The van der Waals surface area contributed by atoms with Gasteiger partial charge in [0.25, 0.3) is 0 Å². The Morgan fingerprint density at radius 3 is 2.10 bits per heavy atom. The van der Waals surface area contributed by atoms with Gasteiger partial charge in [-0.3, -0.25) is 24.1 Å². The molecule has 2 saturated heterocycles. The fraction of sp³-hybridized carbons (Fsp3) is 0.381. The molecule has 9 nitrogen and oxygen atoms in total. The summed E-state index contributed by atoms with van der Waals surface area (Å²) in [7, 11) is 0. The van der Waals surface area contributed by atoms with E-state index in [1.165, 1.54) is 0 Å². The van der Waals surface area contributed by atoms with E-state index in [-0.39, 0.29) is 49.4 Å². The molecule has 4 amide bonds. The molecular formula is C21H23N5O4. The third-order valence-corrected chi connectivity index (χ3v) is 5.45. The van der Waals surface area contributed by atoms with Gasteiger partial charge in [-0.15, -0.1) is 0 Å². The molecule has 0 N–H and O–H groups in total. The second kappa shape index (κ2) is 8.48. The van der Waals surface area contributed by atoms with Crippen LogP contribution >= 0.6 is 0 Å². The van der Waals surface area contributed by atoms with Gasteiger partial charge in [-0.1, -0.05) is 18.2 Å². The van der Waals surface area contributed by atoms with Gasteiger partial charge in [0, 0.05) is 45.2 Å². The van der Waals surface area contributed by atoms with E-state index in [4.69, 9.17) is 0 Å². The molecule has 156 valence electrons. The van der Waals surface area contributed by atoms with Crippen LogP contribution in [-0.4, -0.2) is 80.8 Å². The average Bonchev–Trinajstić information content (AvgIpc) is 3.36. The van der Waals surface area contributed by atoms with Gasteiger partial charge in [0.15, 0.2) is 0 Å². The average molecular weight is 409 g/mol. The van der Waals surface area contributed by atoms with Crippen molar-refractivity contribution in [1.82, 2.24) is 24.5 Å². The lowest BCUT2D eigenvalue weighted by Gasteiger charge is -2.35. The molecule has 0 bridgehead atoms. The maximum absolute atomic E-state index is 12.6. The van der Waals surface area contributed by atoms with E-state index in [2.05, 4.69) is 5.10 Å². The van der Waals surface area contributed by atoms with Crippen molar-refractivity contribution < 1.29 is 19.2 Å². The van der Waals surface area contributed by atoms with Crippen LogP contribution in [0.3, 0.4) is 0 Å². The lowest BCUT2D eigenvalue weighted by atomic mass is 10.2. The van der Waals surface area contributed by atoms with Gasteiger partial charge < -0.3 is 9.80 Å². The predicted molar refractivity (Wildman–Crippen MR) is 106 cm³/mol. The monoisotopic (exact) mass is 409 g/mol. The summed E-state index contributed by atoms with van der Waals surface area (Å²) >= 11 is 0. The third kappa shape index (κ3) is 4.24. The van der Waals surface area contributed by atoms with Crippen LogP contribution in [-0.2, 0) is 25.6 Å². The van der Waals surface area contributed by atoms with Gasteiger partial charge >= 0.3 is 0 Å². The molecule has 0 unspecified atom stereocenters. The summed E-state index contributed by atoms with van der Waals surface area (Å²) in [4.78, 5) is 52.8. The van der Waals surface area contributed by atoms with Crippen LogP contribution in [0.5, 0.6) is 0 Å². The minimum absolute atomic E-state index is 0.0143. The molecule has 0 atom stereocenters. The molecule has 0 aliphatic carbocycles. The molecule has 30 heavy (non-hydrogen) atoms. The molecule has 0 saturated carbocycles. The number of carbonyl (C=O) groups excluding carboxylic acids is 4. The number of likely N-dealkylation sites (tertiary alicyclic amines) is 1. The minimum Gasteiger partial charge on any atom is -0.339 e. The normalized spacial score (nSPS) is 17.0. The first-order chi connectivity index (χ1) is 14.5. The van der Waals surface area contributed by atoms with Gasteiger partial charge in [-0.05, 0) is 17.7 Å². The van der Waals surface area contributed by atoms with Crippen molar-refractivity contribution in [2.75, 3.05) is 32.7 Å². The molecule has 2 aliphatic heterocycles. The molecule has 9 heteroatoms. The topological polar surface area (TPSA) is 95.8 Å². The van der Waals surface area contributed by atoms with E-state index < -0.39 is 0 Å². The van der Waals surface area contributed by atoms with E-state index in [0.717, 1.165) is 16.2 Å². The molecule has 2 aromatic rings. The highest BCUT2D eigenvalue weighted by atomic mass is 16.2. The third-order valence-electron chi connectivity index (χ3n) is 5.45. The van der Waals surface area contributed by atoms with Crippen LogP contribution in [0.1, 0.15) is 18.4 Å². The molecule has 4 rings (SSSR count). The molecule has 2 aliphatic rings. The molecule has 1 aromatic heterocycles. The smallest absolute Gasteiger partial charge is 0.242 e. The summed E-state index contributed by atoms with van der Waals surface area (Å²) in [6.45, 7) is 1.44. The Morgan fingerprint density at radius 2 is 1.47 bits per heavy atom. The number of imide groups is 1. The van der Waals surface area contributed by atoms with E-state index >= 15 is 0 Å². The first-order valence-corrected chi connectivity index (χ1v) is 9.99. The maximum Gasteiger partial charge on any atom is 0.242 e. The molecule has 0 spiro atoms. The van der Waals surface area contributed by atoms with Gasteiger partial charge in [0.2, 0.25) is 23.6 Å². The highest BCUT2D eigenvalue weighted by Gasteiger charge is 2.33. The second-order valence-corrected chi connectivity index (χ2v) is 7.44. The second-order valence-electron chi connectivity index (χ2n) is 7.44. The number of piperazine rings is 1. The van der Waals surface area contributed by atoms with Crippen LogP contribution in [0.15, 0.2) is 42.7 Å². The lowest BCUT2D eigenvalue weighted by Crippen LogP contribution is -2.53. The van der Waals surface area contributed by atoms with Crippen LogP contribution in [0, 0.1) is 0 Å². The minimum atomic E-state index is -0.293. The van der Waals surface area contributed by atoms with Crippen LogP contribution in [0.4, 0.5) is 0 Å². The summed E-state index contributed by atoms with van der Waals surface area (Å²) in [6.07, 6.45) is 4.13. The van der Waals surface area contributed by atoms with Gasteiger partial charge in [-0.2, -0.15) is 5.10 Å². The zero-order valence-electron chi connectivity index (χ0n) is 16.6. The van der Waals surface area contributed by atoms with Crippen molar-refractivity contribution in [3.8, 4) is 5.69 Å². The van der Waals surface area contributed by atoms with Crippen molar-refractivity contribution in [2.24, 2.45) is 0 Å². The zero-order valence-corrected chi connectivity index (χ0v) is 16.6. The summed E-state index contributed by atoms with van der Waals surface area (Å²) in [5.41, 5.74) is 1.76. The van der Waals surface area contributed by atoms with Gasteiger partial charge in [-0.25, -0.2) is 4.68 Å². The molecular weight excluding hydrogens is 386 g/mol. The number of hydrogen-bond acceptors (Lipinski definition) is 5. The summed E-state index contributed by atoms with van der Waals surface area (Å²) in [5, 5.41) is 4.31. The quantitative estimate of drug-likeness (QED) is 0.659. The Bertz CT molecular complexity index is 947. The van der Waals surface area contributed by atoms with Crippen molar-refractivity contribution in [3.05, 3.63) is 48.3 Å². The summed E-state index contributed by atoms with van der Waals surface area (Å²) in [5.74, 6) is -0.856. The zero-order chi connectivity index (χ0) is 21.1. The standard InChI is InChI=1S/C21H23N5O4/c27-18-6-7-19(28)25(18)15-21(30)24-10-8-23(9-11-24)20(29)12-16-13-22-26(14-16)17-4-2-1-3-5-17/h1-5,13-14H,6-12,15H2. The highest BCUT2D eigenvalue weighted by molar-refractivity contribution is 6.04. The Hall–Kier alpha value is -3.49. The maximum atomic E-state index is 12.6. The van der Waals surface area contributed by atoms with Crippen molar-refractivity contribution in [1.29, 1.82) is 0 Å². The van der Waals surface area contributed by atoms with E-state index in [1.54, 1.807) is 20.7 Å². The van der Waals surface area contributed by atoms with E-state index in [1.807, 2.05) is 36.5 Å². The van der Waals surface area contributed by atoms with Crippen molar-refractivity contribution in [3.63, 3.8) is 0 Å². The number of amides is 4. The molecule has 3 heterocycles. The molecule has 0 radical (unpaired) electrons. The number of nitrogens with zero attached hydrogens (tertiary/aromatic N) is 5. The fourth-order valence-corrected chi connectivity index (χ4v) is 3.70. The first-order valence-electron chi connectivity index (χ1n) is 9.99. The Morgan fingerprint density at radius 1 is 0.867 bits per heavy atom. The number of benzene rings is 1. The number of aromatic nitrogens is 2. The van der Waals surface area contributed by atoms with Gasteiger partial charge in [0.05, 0.1) is 18.3 Å². The largest absolute Gasteiger partial charge is 0.339 e. The lowest BCUT2D eigenvalue weighted by molar-refractivity contribution is -0.147. The van der Waals surface area contributed by atoms with E-state index in [9.17, 15) is 19.2 Å². The Kier molecular flexibility index (Phi) is 5.60. The Labute approximate surface area is 173 Å². The number of carbonyl (C=O) groups is 4. The van der Waals surface area contributed by atoms with Crippen molar-refractivity contribution >= 4 is 23.6 Å². The van der Waals surface area contributed by atoms with Crippen molar-refractivity contribution in [2.45, 2.75) is 19.3 Å². The predicted octanol–water partition coefficient (Wildman–Crippen LogP) is 0.235.